The average molecular weight is 308 g/mol. The van der Waals surface area contributed by atoms with Crippen LogP contribution in [0.3, 0.4) is 0 Å². The molecule has 0 atom stereocenters. The quantitative estimate of drug-likeness (QED) is 0.811. The number of benzene rings is 1. The van der Waals surface area contributed by atoms with Crippen molar-refractivity contribution in [2.24, 2.45) is 4.99 Å². The molecular formula is C14H16N2O4S. The highest BCUT2D eigenvalue weighted by Gasteiger charge is 2.17. The molecule has 6 nitrogen and oxygen atoms in total. The number of thiazole rings is 1. The van der Waals surface area contributed by atoms with Gasteiger partial charge in [0.2, 0.25) is 4.80 Å². The molecule has 0 saturated heterocycles. The summed E-state index contributed by atoms with van der Waals surface area (Å²) in [5.41, 5.74) is 0.0313. The van der Waals surface area contributed by atoms with E-state index < -0.39 is 17.7 Å². The first-order valence-electron chi connectivity index (χ1n) is 6.33. The Labute approximate surface area is 125 Å². The van der Waals surface area contributed by atoms with Crippen molar-refractivity contribution in [3.63, 3.8) is 0 Å². The SMILES string of the molecule is CC(=O)On1c(=NC(=O)OC(C)(C)C)sc2ccccc21. The van der Waals surface area contributed by atoms with E-state index in [-0.39, 0.29) is 4.80 Å². The predicted molar refractivity (Wildman–Crippen MR) is 78.9 cm³/mol. The van der Waals surface area contributed by atoms with Gasteiger partial charge in [0, 0.05) is 6.92 Å². The van der Waals surface area contributed by atoms with Gasteiger partial charge in [-0.3, -0.25) is 0 Å². The Morgan fingerprint density at radius 1 is 1.24 bits per heavy atom. The Morgan fingerprint density at radius 2 is 1.90 bits per heavy atom. The van der Waals surface area contributed by atoms with Crippen molar-refractivity contribution < 1.29 is 19.2 Å². The molecule has 2 aromatic rings. The summed E-state index contributed by atoms with van der Waals surface area (Å²) in [5.74, 6) is -0.496. The van der Waals surface area contributed by atoms with Crippen LogP contribution in [0.15, 0.2) is 29.3 Å². The average Bonchev–Trinajstić information content (AvgIpc) is 2.64. The van der Waals surface area contributed by atoms with Crippen molar-refractivity contribution in [3.8, 4) is 0 Å². The maximum atomic E-state index is 11.8. The fourth-order valence-electron chi connectivity index (χ4n) is 1.60. The number of hydrogen-bond donors (Lipinski definition) is 0. The van der Waals surface area contributed by atoms with Gasteiger partial charge < -0.3 is 9.57 Å². The molecule has 21 heavy (non-hydrogen) atoms. The summed E-state index contributed by atoms with van der Waals surface area (Å²) in [5, 5.41) is 0. The van der Waals surface area contributed by atoms with Gasteiger partial charge in [0.15, 0.2) is 0 Å². The number of carbonyl (C=O) groups excluding carboxylic acids is 2. The van der Waals surface area contributed by atoms with E-state index in [4.69, 9.17) is 9.57 Å². The fourth-order valence-corrected chi connectivity index (χ4v) is 2.54. The fraction of sp³-hybridized carbons (Fsp3) is 0.357. The van der Waals surface area contributed by atoms with Crippen LogP contribution in [0.25, 0.3) is 10.2 Å². The number of carbonyl (C=O) groups is 2. The Morgan fingerprint density at radius 3 is 2.52 bits per heavy atom. The summed E-state index contributed by atoms with van der Waals surface area (Å²) < 4.78 is 7.24. The number of rotatable bonds is 1. The molecule has 1 aromatic carbocycles. The predicted octanol–water partition coefficient (Wildman–Crippen LogP) is 2.51. The second-order valence-electron chi connectivity index (χ2n) is 5.32. The van der Waals surface area contributed by atoms with Crippen LogP contribution >= 0.6 is 11.3 Å². The first-order valence-corrected chi connectivity index (χ1v) is 7.15. The highest BCUT2D eigenvalue weighted by molar-refractivity contribution is 7.16. The molecule has 1 amide bonds. The molecule has 0 unspecified atom stereocenters. The number of ether oxygens (including phenoxy) is 1. The summed E-state index contributed by atoms with van der Waals surface area (Å²) in [6.07, 6.45) is -0.727. The van der Waals surface area contributed by atoms with Gasteiger partial charge in [0.25, 0.3) is 0 Å². The summed E-state index contributed by atoms with van der Waals surface area (Å²) in [6, 6.07) is 7.30. The minimum absolute atomic E-state index is 0.251. The van der Waals surface area contributed by atoms with Crippen molar-refractivity contribution in [2.75, 3.05) is 0 Å². The third kappa shape index (κ3) is 3.91. The van der Waals surface area contributed by atoms with E-state index >= 15 is 0 Å². The van der Waals surface area contributed by atoms with Gasteiger partial charge in [0.05, 0.1) is 4.70 Å². The first kappa shape index (κ1) is 15.2. The molecule has 2 rings (SSSR count). The van der Waals surface area contributed by atoms with E-state index in [9.17, 15) is 9.59 Å². The lowest BCUT2D eigenvalue weighted by Gasteiger charge is -2.16. The number of para-hydroxylation sites is 1. The molecule has 0 saturated carbocycles. The lowest BCUT2D eigenvalue weighted by molar-refractivity contribution is -0.141. The minimum atomic E-state index is -0.727. The van der Waals surface area contributed by atoms with Crippen molar-refractivity contribution in [1.29, 1.82) is 0 Å². The van der Waals surface area contributed by atoms with Crippen LogP contribution < -0.4 is 9.64 Å². The zero-order valence-electron chi connectivity index (χ0n) is 12.2. The lowest BCUT2D eigenvalue weighted by Crippen LogP contribution is -2.28. The van der Waals surface area contributed by atoms with Gasteiger partial charge in [-0.1, -0.05) is 23.5 Å². The van der Waals surface area contributed by atoms with E-state index in [2.05, 4.69) is 4.99 Å². The minimum Gasteiger partial charge on any atom is -0.442 e. The van der Waals surface area contributed by atoms with Crippen LogP contribution in [0.5, 0.6) is 0 Å². The molecule has 0 bridgehead atoms. The Balaban J connectivity index is 2.52. The van der Waals surface area contributed by atoms with Gasteiger partial charge in [-0.25, -0.2) is 9.59 Å². The monoisotopic (exact) mass is 308 g/mol. The summed E-state index contributed by atoms with van der Waals surface area (Å²) >= 11 is 1.24. The first-order chi connectivity index (χ1) is 9.76. The molecule has 0 aliphatic rings. The maximum Gasteiger partial charge on any atom is 0.436 e. The van der Waals surface area contributed by atoms with Crippen molar-refractivity contribution in [1.82, 2.24) is 4.73 Å². The molecule has 112 valence electrons. The third-order valence-electron chi connectivity index (χ3n) is 2.26. The Bertz CT molecular complexity index is 752. The van der Waals surface area contributed by atoms with Crippen molar-refractivity contribution in [2.45, 2.75) is 33.3 Å². The van der Waals surface area contributed by atoms with E-state index in [0.29, 0.717) is 5.52 Å². The van der Waals surface area contributed by atoms with Gasteiger partial charge in [-0.15, -0.1) is 9.72 Å². The molecule has 0 radical (unpaired) electrons. The topological polar surface area (TPSA) is 69.9 Å². The smallest absolute Gasteiger partial charge is 0.436 e. The Kier molecular flexibility index (Phi) is 4.13. The molecule has 0 N–H and O–H groups in total. The van der Waals surface area contributed by atoms with E-state index in [1.54, 1.807) is 26.8 Å². The molecule has 1 aromatic heterocycles. The van der Waals surface area contributed by atoms with Crippen LogP contribution in [0.4, 0.5) is 4.79 Å². The van der Waals surface area contributed by atoms with E-state index in [1.165, 1.54) is 23.0 Å². The standard InChI is InChI=1S/C14H16N2O4S/c1-9(17)20-16-10-7-5-6-8-11(10)21-12(16)15-13(18)19-14(2,3)4/h5-8H,1-4H3. The van der Waals surface area contributed by atoms with Crippen LogP contribution in [0.2, 0.25) is 0 Å². The van der Waals surface area contributed by atoms with Crippen LogP contribution in [0.1, 0.15) is 27.7 Å². The number of aromatic nitrogens is 1. The van der Waals surface area contributed by atoms with Crippen LogP contribution in [-0.4, -0.2) is 22.4 Å². The molecule has 0 spiro atoms. The van der Waals surface area contributed by atoms with Crippen molar-refractivity contribution in [3.05, 3.63) is 29.1 Å². The number of nitrogens with zero attached hydrogens (tertiary/aromatic N) is 2. The molecular weight excluding hydrogens is 292 g/mol. The molecule has 0 fully saturated rings. The second kappa shape index (κ2) is 5.69. The summed E-state index contributed by atoms with van der Waals surface area (Å²) in [4.78, 5) is 32.3. The molecule has 7 heteroatoms. The van der Waals surface area contributed by atoms with Gasteiger partial charge in [0.1, 0.15) is 11.1 Å². The maximum absolute atomic E-state index is 11.8. The summed E-state index contributed by atoms with van der Waals surface area (Å²) in [7, 11) is 0. The number of fused-ring (bicyclic) bond motifs is 1. The van der Waals surface area contributed by atoms with E-state index in [0.717, 1.165) is 4.70 Å². The Hall–Kier alpha value is -2.15. The number of hydrogen-bond acceptors (Lipinski definition) is 5. The second-order valence-corrected chi connectivity index (χ2v) is 6.33. The van der Waals surface area contributed by atoms with Crippen molar-refractivity contribution >= 4 is 33.6 Å². The number of amides is 1. The zero-order valence-corrected chi connectivity index (χ0v) is 13.1. The van der Waals surface area contributed by atoms with Gasteiger partial charge >= 0.3 is 12.1 Å². The highest BCUT2D eigenvalue weighted by Crippen LogP contribution is 2.16. The highest BCUT2D eigenvalue weighted by atomic mass is 32.1. The molecule has 0 aliphatic heterocycles. The van der Waals surface area contributed by atoms with Gasteiger partial charge in [-0.05, 0) is 32.9 Å². The van der Waals surface area contributed by atoms with Crippen LogP contribution in [-0.2, 0) is 9.53 Å². The largest absolute Gasteiger partial charge is 0.442 e. The molecule has 0 aliphatic carbocycles. The third-order valence-corrected chi connectivity index (χ3v) is 3.26. The summed E-state index contributed by atoms with van der Waals surface area (Å²) in [6.45, 7) is 6.55. The van der Waals surface area contributed by atoms with Crippen LogP contribution in [0, 0.1) is 0 Å². The lowest BCUT2D eigenvalue weighted by atomic mass is 10.2. The van der Waals surface area contributed by atoms with E-state index in [1.807, 2.05) is 18.2 Å². The normalized spacial score (nSPS) is 12.5. The molecule has 1 heterocycles. The zero-order chi connectivity index (χ0) is 15.6. The van der Waals surface area contributed by atoms with Gasteiger partial charge in [-0.2, -0.15) is 0 Å².